The van der Waals surface area contributed by atoms with Gasteiger partial charge in [0.15, 0.2) is 0 Å². The Hall–Kier alpha value is -0.0551. The molecular formula is C8H17BO3. The Bertz CT molecular complexity index is 113. The molecule has 1 saturated carbocycles. The average molecular weight is 172 g/mol. The van der Waals surface area contributed by atoms with E-state index in [1.54, 1.807) is 0 Å². The average Bonchev–Trinajstić information content (AvgIpc) is 2.05. The second kappa shape index (κ2) is 5.57. The molecule has 0 aromatic heterocycles. The van der Waals surface area contributed by atoms with Crippen LogP contribution in [-0.2, 0) is 4.65 Å². The van der Waals surface area contributed by atoms with Crippen LogP contribution in [0.2, 0.25) is 0 Å². The van der Waals surface area contributed by atoms with Crippen molar-refractivity contribution in [2.45, 2.75) is 38.5 Å². The molecule has 0 saturated heterocycles. The van der Waals surface area contributed by atoms with Gasteiger partial charge in [0.2, 0.25) is 0 Å². The van der Waals surface area contributed by atoms with Crippen LogP contribution in [0.3, 0.4) is 0 Å². The van der Waals surface area contributed by atoms with Crippen molar-refractivity contribution in [1.82, 2.24) is 0 Å². The summed E-state index contributed by atoms with van der Waals surface area (Å²) in [5, 5.41) is 16.8. The highest BCUT2D eigenvalue weighted by atomic mass is 16.6. The summed E-state index contributed by atoms with van der Waals surface area (Å²) in [6.45, 7) is 0.475. The molecule has 12 heavy (non-hydrogen) atoms. The minimum Gasteiger partial charge on any atom is -0.402 e. The molecule has 0 unspecified atom stereocenters. The Kier molecular flexibility index (Phi) is 4.65. The van der Waals surface area contributed by atoms with Crippen molar-refractivity contribution in [1.29, 1.82) is 0 Å². The molecule has 1 aliphatic rings. The predicted octanol–water partition coefficient (Wildman–Crippen LogP) is 0.943. The Morgan fingerprint density at radius 3 is 2.42 bits per heavy atom. The molecule has 0 spiro atoms. The van der Waals surface area contributed by atoms with E-state index in [0.717, 1.165) is 12.3 Å². The fraction of sp³-hybridized carbons (Fsp3) is 1.00. The van der Waals surface area contributed by atoms with Gasteiger partial charge in [-0.3, -0.25) is 0 Å². The van der Waals surface area contributed by atoms with Crippen LogP contribution < -0.4 is 0 Å². The van der Waals surface area contributed by atoms with Crippen LogP contribution >= 0.6 is 0 Å². The van der Waals surface area contributed by atoms with E-state index in [0.29, 0.717) is 6.61 Å². The molecule has 4 heteroatoms. The van der Waals surface area contributed by atoms with Gasteiger partial charge >= 0.3 is 7.32 Å². The minimum atomic E-state index is -1.59. The fourth-order valence-electron chi connectivity index (χ4n) is 1.82. The highest BCUT2D eigenvalue weighted by molar-refractivity contribution is 6.32. The molecule has 0 bridgehead atoms. The van der Waals surface area contributed by atoms with Gasteiger partial charge in [0.05, 0.1) is 0 Å². The fourth-order valence-corrected chi connectivity index (χ4v) is 1.82. The number of hydrogen-bond acceptors (Lipinski definition) is 3. The Balaban J connectivity index is 1.98. The molecule has 0 aromatic rings. The standard InChI is InChI=1S/C8H17BO3/c10-9(11)12-7-6-8-4-2-1-3-5-8/h8,10-11H,1-7H2. The summed E-state index contributed by atoms with van der Waals surface area (Å²) in [7, 11) is -1.59. The molecule has 0 aromatic carbocycles. The van der Waals surface area contributed by atoms with Crippen LogP contribution in [0.25, 0.3) is 0 Å². The lowest BCUT2D eigenvalue weighted by molar-refractivity contribution is 0.164. The summed E-state index contributed by atoms with van der Waals surface area (Å²) in [6.07, 6.45) is 7.55. The first kappa shape index (κ1) is 10.0. The van der Waals surface area contributed by atoms with Gasteiger partial charge in [-0.25, -0.2) is 0 Å². The molecule has 0 heterocycles. The summed E-state index contributed by atoms with van der Waals surface area (Å²) in [6, 6.07) is 0. The van der Waals surface area contributed by atoms with Crippen molar-refractivity contribution in [3.63, 3.8) is 0 Å². The number of hydrogen-bond donors (Lipinski definition) is 2. The molecule has 2 N–H and O–H groups in total. The van der Waals surface area contributed by atoms with Crippen molar-refractivity contribution in [3.8, 4) is 0 Å². The van der Waals surface area contributed by atoms with Gasteiger partial charge in [0.1, 0.15) is 0 Å². The molecule has 0 radical (unpaired) electrons. The molecule has 3 nitrogen and oxygen atoms in total. The summed E-state index contributed by atoms with van der Waals surface area (Å²) in [5.74, 6) is 0.748. The van der Waals surface area contributed by atoms with Crippen molar-refractivity contribution in [3.05, 3.63) is 0 Å². The lowest BCUT2D eigenvalue weighted by atomic mass is 9.87. The lowest BCUT2D eigenvalue weighted by Gasteiger charge is -2.21. The molecule has 0 atom stereocenters. The van der Waals surface area contributed by atoms with E-state index in [9.17, 15) is 0 Å². The highest BCUT2D eigenvalue weighted by Gasteiger charge is 2.14. The van der Waals surface area contributed by atoms with Crippen molar-refractivity contribution in [2.24, 2.45) is 5.92 Å². The van der Waals surface area contributed by atoms with E-state index >= 15 is 0 Å². The largest absolute Gasteiger partial charge is 0.633 e. The van der Waals surface area contributed by atoms with Crippen LogP contribution in [0.15, 0.2) is 0 Å². The highest BCUT2D eigenvalue weighted by Crippen LogP contribution is 2.25. The Morgan fingerprint density at radius 1 is 1.17 bits per heavy atom. The minimum absolute atomic E-state index is 0.475. The first-order valence-electron chi connectivity index (χ1n) is 4.77. The van der Waals surface area contributed by atoms with E-state index in [2.05, 4.69) is 4.65 Å². The molecular weight excluding hydrogens is 155 g/mol. The molecule has 70 valence electrons. The summed E-state index contributed by atoms with van der Waals surface area (Å²) >= 11 is 0. The predicted molar refractivity (Wildman–Crippen MR) is 47.3 cm³/mol. The third kappa shape index (κ3) is 4.09. The van der Waals surface area contributed by atoms with Crippen molar-refractivity contribution < 1.29 is 14.7 Å². The second-order valence-corrected chi connectivity index (χ2v) is 3.49. The SMILES string of the molecule is OB(O)OCCC1CCCCC1. The van der Waals surface area contributed by atoms with Gasteiger partial charge in [-0.05, 0) is 12.3 Å². The maximum absolute atomic E-state index is 8.42. The maximum Gasteiger partial charge on any atom is 0.633 e. The van der Waals surface area contributed by atoms with Crippen LogP contribution in [-0.4, -0.2) is 24.0 Å². The van der Waals surface area contributed by atoms with Crippen molar-refractivity contribution >= 4 is 7.32 Å². The van der Waals surface area contributed by atoms with Gasteiger partial charge in [-0.2, -0.15) is 0 Å². The van der Waals surface area contributed by atoms with E-state index in [-0.39, 0.29) is 0 Å². The zero-order valence-electron chi connectivity index (χ0n) is 7.41. The molecule has 1 rings (SSSR count). The van der Waals surface area contributed by atoms with Crippen LogP contribution in [0.4, 0.5) is 0 Å². The first-order chi connectivity index (χ1) is 5.79. The van der Waals surface area contributed by atoms with Gasteiger partial charge < -0.3 is 14.7 Å². The smallest absolute Gasteiger partial charge is 0.402 e. The monoisotopic (exact) mass is 172 g/mol. The third-order valence-electron chi connectivity index (χ3n) is 2.52. The van der Waals surface area contributed by atoms with Gasteiger partial charge in [0.25, 0.3) is 0 Å². The Labute approximate surface area is 73.9 Å². The van der Waals surface area contributed by atoms with Gasteiger partial charge in [-0.15, -0.1) is 0 Å². The topological polar surface area (TPSA) is 49.7 Å². The second-order valence-electron chi connectivity index (χ2n) is 3.49. The van der Waals surface area contributed by atoms with E-state index in [4.69, 9.17) is 10.0 Å². The quantitative estimate of drug-likeness (QED) is 0.620. The summed E-state index contributed by atoms with van der Waals surface area (Å²) in [5.41, 5.74) is 0. The lowest BCUT2D eigenvalue weighted by Crippen LogP contribution is -2.19. The van der Waals surface area contributed by atoms with Gasteiger partial charge in [0, 0.05) is 6.61 Å². The van der Waals surface area contributed by atoms with Crippen LogP contribution in [0.1, 0.15) is 38.5 Å². The molecule has 1 fully saturated rings. The maximum atomic E-state index is 8.42. The normalized spacial score (nSPS) is 19.5. The zero-order chi connectivity index (χ0) is 8.81. The van der Waals surface area contributed by atoms with Crippen molar-refractivity contribution in [2.75, 3.05) is 6.61 Å². The Morgan fingerprint density at radius 2 is 1.83 bits per heavy atom. The van der Waals surface area contributed by atoms with Crippen LogP contribution in [0, 0.1) is 5.92 Å². The molecule has 1 aliphatic carbocycles. The third-order valence-corrected chi connectivity index (χ3v) is 2.52. The first-order valence-corrected chi connectivity index (χ1v) is 4.77. The summed E-state index contributed by atoms with van der Waals surface area (Å²) in [4.78, 5) is 0. The number of rotatable bonds is 4. The van der Waals surface area contributed by atoms with Gasteiger partial charge in [-0.1, -0.05) is 32.1 Å². The van der Waals surface area contributed by atoms with E-state index in [1.807, 2.05) is 0 Å². The van der Waals surface area contributed by atoms with Crippen LogP contribution in [0.5, 0.6) is 0 Å². The molecule has 0 amide bonds. The van der Waals surface area contributed by atoms with E-state index < -0.39 is 7.32 Å². The molecule has 0 aliphatic heterocycles. The summed E-state index contributed by atoms with van der Waals surface area (Å²) < 4.78 is 4.66. The zero-order valence-corrected chi connectivity index (χ0v) is 7.41. The van der Waals surface area contributed by atoms with E-state index in [1.165, 1.54) is 32.1 Å².